The lowest BCUT2D eigenvalue weighted by atomic mass is 9.99. The van der Waals surface area contributed by atoms with E-state index in [1.54, 1.807) is 0 Å². The molecular weight excluding hydrogens is 315 g/mol. The fourth-order valence-corrected chi connectivity index (χ4v) is 2.59. The molecule has 0 bridgehead atoms. The molecule has 0 spiro atoms. The fourth-order valence-electron chi connectivity index (χ4n) is 2.15. The number of hydrogen-bond donors (Lipinski definition) is 0. The normalized spacial score (nSPS) is 11.1. The van der Waals surface area contributed by atoms with Crippen LogP contribution in [-0.2, 0) is 6.42 Å². The summed E-state index contributed by atoms with van der Waals surface area (Å²) >= 11 is 12.3. The summed E-state index contributed by atoms with van der Waals surface area (Å²) in [5.74, 6) is 0. The van der Waals surface area contributed by atoms with Crippen LogP contribution in [0.3, 0.4) is 0 Å². The van der Waals surface area contributed by atoms with Crippen molar-refractivity contribution < 1.29 is 0 Å². The van der Waals surface area contributed by atoms with Gasteiger partial charge in [-0.25, -0.2) is 4.99 Å². The average molecular weight is 335 g/mol. The molecule has 0 heterocycles. The molecule has 0 unspecified atom stereocenters. The Morgan fingerprint density at radius 1 is 1.14 bits per heavy atom. The van der Waals surface area contributed by atoms with E-state index in [4.69, 9.17) is 23.2 Å². The topological polar surface area (TPSA) is 15.6 Å². The number of nitrogens with zero attached hydrogens (tertiary/aromatic N) is 2. The highest BCUT2D eigenvalue weighted by atomic mass is 35.5. The van der Waals surface area contributed by atoms with Crippen LogP contribution in [0.1, 0.15) is 23.6 Å². The summed E-state index contributed by atoms with van der Waals surface area (Å²) in [5, 5.41) is 1.45. The number of hydrogen-bond acceptors (Lipinski definition) is 1. The fraction of sp³-hybridized carbons (Fsp3) is 0.278. The van der Waals surface area contributed by atoms with E-state index in [2.05, 4.69) is 24.9 Å². The second-order valence-corrected chi connectivity index (χ2v) is 6.21. The van der Waals surface area contributed by atoms with Crippen LogP contribution < -0.4 is 0 Å². The zero-order chi connectivity index (χ0) is 16.1. The predicted molar refractivity (Wildman–Crippen MR) is 96.9 cm³/mol. The molecule has 0 amide bonds. The maximum absolute atomic E-state index is 6.26. The van der Waals surface area contributed by atoms with Gasteiger partial charge < -0.3 is 4.90 Å². The van der Waals surface area contributed by atoms with Crippen molar-refractivity contribution in [1.82, 2.24) is 4.90 Å². The smallest absolute Gasteiger partial charge is 0.0909 e. The molecule has 0 radical (unpaired) electrons. The van der Waals surface area contributed by atoms with Crippen molar-refractivity contribution in [1.29, 1.82) is 0 Å². The molecule has 0 aliphatic heterocycles. The minimum atomic E-state index is 0.703. The lowest BCUT2D eigenvalue weighted by Gasteiger charge is -2.12. The van der Waals surface area contributed by atoms with Crippen LogP contribution in [0.4, 0.5) is 5.69 Å². The predicted octanol–water partition coefficient (Wildman–Crippen LogP) is 5.50. The first kappa shape index (κ1) is 16.9. The standard InChI is InChI=1S/C18H20Cl2N2/c1-4-22(3)12-21-18-11-17(20)10-15(13(18)2)8-14-6-5-7-16(19)9-14/h5-7,9-12H,4,8H2,1-3H3/b21-12-. The van der Waals surface area contributed by atoms with Gasteiger partial charge in [-0.2, -0.15) is 0 Å². The number of halogens is 2. The van der Waals surface area contributed by atoms with Crippen molar-refractivity contribution >= 4 is 35.2 Å². The van der Waals surface area contributed by atoms with Gasteiger partial charge in [0.05, 0.1) is 12.0 Å². The summed E-state index contributed by atoms with van der Waals surface area (Å²) in [6.45, 7) is 5.08. The van der Waals surface area contributed by atoms with E-state index in [0.29, 0.717) is 5.02 Å². The first-order valence-corrected chi connectivity index (χ1v) is 8.03. The van der Waals surface area contributed by atoms with Crippen molar-refractivity contribution in [2.45, 2.75) is 20.3 Å². The van der Waals surface area contributed by atoms with E-state index in [1.165, 1.54) is 11.1 Å². The lowest BCUT2D eigenvalue weighted by molar-refractivity contribution is 0.552. The van der Waals surface area contributed by atoms with Gasteiger partial charge in [-0.05, 0) is 61.2 Å². The highest BCUT2D eigenvalue weighted by Gasteiger charge is 2.07. The van der Waals surface area contributed by atoms with Crippen molar-refractivity contribution in [3.63, 3.8) is 0 Å². The van der Waals surface area contributed by atoms with E-state index in [0.717, 1.165) is 29.2 Å². The Kier molecular flexibility index (Phi) is 5.87. The molecule has 116 valence electrons. The second kappa shape index (κ2) is 7.66. The van der Waals surface area contributed by atoms with Gasteiger partial charge in [0.25, 0.3) is 0 Å². The Morgan fingerprint density at radius 2 is 1.91 bits per heavy atom. The van der Waals surface area contributed by atoms with Crippen LogP contribution in [0.5, 0.6) is 0 Å². The van der Waals surface area contributed by atoms with E-state index in [9.17, 15) is 0 Å². The summed E-state index contributed by atoms with van der Waals surface area (Å²) in [5.41, 5.74) is 4.38. The zero-order valence-electron chi connectivity index (χ0n) is 13.1. The highest BCUT2D eigenvalue weighted by Crippen LogP contribution is 2.29. The van der Waals surface area contributed by atoms with Crippen LogP contribution in [-0.4, -0.2) is 24.8 Å². The third-order valence-corrected chi connectivity index (χ3v) is 4.08. The maximum Gasteiger partial charge on any atom is 0.0909 e. The van der Waals surface area contributed by atoms with Crippen molar-refractivity contribution in [3.8, 4) is 0 Å². The first-order chi connectivity index (χ1) is 10.5. The molecule has 0 aliphatic carbocycles. The van der Waals surface area contributed by atoms with Gasteiger partial charge in [0.2, 0.25) is 0 Å². The largest absolute Gasteiger partial charge is 0.366 e. The van der Waals surface area contributed by atoms with Gasteiger partial charge in [-0.1, -0.05) is 35.3 Å². The Labute approximate surface area is 142 Å². The lowest BCUT2D eigenvalue weighted by Crippen LogP contribution is -2.14. The van der Waals surface area contributed by atoms with Crippen LogP contribution in [0.15, 0.2) is 41.4 Å². The van der Waals surface area contributed by atoms with Gasteiger partial charge in [-0.15, -0.1) is 0 Å². The SMILES string of the molecule is CCN(C)/C=N\c1cc(Cl)cc(Cc2cccc(Cl)c2)c1C. The molecule has 0 saturated heterocycles. The monoisotopic (exact) mass is 334 g/mol. The van der Waals surface area contributed by atoms with Gasteiger partial charge in [0.1, 0.15) is 0 Å². The van der Waals surface area contributed by atoms with Crippen LogP contribution in [0.25, 0.3) is 0 Å². The summed E-state index contributed by atoms with van der Waals surface area (Å²) in [7, 11) is 2.00. The van der Waals surface area contributed by atoms with Crippen molar-refractivity contribution in [2.75, 3.05) is 13.6 Å². The molecule has 0 saturated carbocycles. The van der Waals surface area contributed by atoms with E-state index in [-0.39, 0.29) is 0 Å². The Hall–Kier alpha value is -1.51. The molecule has 0 aromatic heterocycles. The van der Waals surface area contributed by atoms with Crippen molar-refractivity contribution in [2.24, 2.45) is 4.99 Å². The first-order valence-electron chi connectivity index (χ1n) is 7.27. The van der Waals surface area contributed by atoms with Crippen LogP contribution in [0.2, 0.25) is 10.0 Å². The number of aliphatic imine (C=N–C) groups is 1. The summed E-state index contributed by atoms with van der Waals surface area (Å²) < 4.78 is 0. The molecule has 0 atom stereocenters. The summed E-state index contributed by atoms with van der Waals surface area (Å²) in [4.78, 5) is 6.57. The zero-order valence-corrected chi connectivity index (χ0v) is 14.6. The minimum Gasteiger partial charge on any atom is -0.366 e. The van der Waals surface area contributed by atoms with Gasteiger partial charge in [-0.3, -0.25) is 0 Å². The quantitative estimate of drug-likeness (QED) is 0.520. The third-order valence-electron chi connectivity index (χ3n) is 3.63. The van der Waals surface area contributed by atoms with E-state index in [1.807, 2.05) is 48.6 Å². The van der Waals surface area contributed by atoms with E-state index < -0.39 is 0 Å². The molecule has 0 N–H and O–H groups in total. The van der Waals surface area contributed by atoms with Crippen LogP contribution >= 0.6 is 23.2 Å². The number of benzene rings is 2. The molecule has 22 heavy (non-hydrogen) atoms. The average Bonchev–Trinajstić information content (AvgIpc) is 2.48. The van der Waals surface area contributed by atoms with Crippen molar-refractivity contribution in [3.05, 3.63) is 63.1 Å². The summed E-state index contributed by atoms with van der Waals surface area (Å²) in [6, 6.07) is 11.8. The van der Waals surface area contributed by atoms with Gasteiger partial charge in [0.15, 0.2) is 0 Å². The molecule has 0 aliphatic rings. The molecule has 4 heteroatoms. The second-order valence-electron chi connectivity index (χ2n) is 5.33. The molecule has 2 rings (SSSR count). The van der Waals surface area contributed by atoms with Gasteiger partial charge >= 0.3 is 0 Å². The molecule has 2 aromatic carbocycles. The Morgan fingerprint density at radius 3 is 2.59 bits per heavy atom. The van der Waals surface area contributed by atoms with Gasteiger partial charge in [0, 0.05) is 23.6 Å². The van der Waals surface area contributed by atoms with E-state index >= 15 is 0 Å². The molecular formula is C18H20Cl2N2. The maximum atomic E-state index is 6.26. The highest BCUT2D eigenvalue weighted by molar-refractivity contribution is 6.31. The molecule has 2 aromatic rings. The third kappa shape index (κ3) is 4.49. The Balaban J connectivity index is 2.32. The summed E-state index contributed by atoms with van der Waals surface area (Å²) in [6.07, 6.45) is 2.63. The van der Waals surface area contributed by atoms with Crippen LogP contribution in [0, 0.1) is 6.92 Å². The number of rotatable bonds is 5. The molecule has 0 fully saturated rings. The Bertz CT molecular complexity index is 681. The minimum absolute atomic E-state index is 0.703. The molecule has 2 nitrogen and oxygen atoms in total.